The normalized spacial score (nSPS) is 8.50. The third-order valence-corrected chi connectivity index (χ3v) is 1.81. The Hall–Kier alpha value is -0.307. The van der Waals surface area contributed by atoms with Crippen LogP contribution in [0.15, 0.2) is 30.3 Å². The Morgan fingerprint density at radius 2 is 1.83 bits per heavy atom. The van der Waals surface area contributed by atoms with Crippen LogP contribution in [0.25, 0.3) is 0 Å². The molecular weight excluding hydrogens is 224 g/mol. The average molecular weight is 233 g/mol. The summed E-state index contributed by atoms with van der Waals surface area (Å²) in [7, 11) is 1.51. The van der Waals surface area contributed by atoms with Gasteiger partial charge in [0.25, 0.3) is 0 Å². The van der Waals surface area contributed by atoms with Crippen molar-refractivity contribution in [1.82, 2.24) is 5.06 Å². The minimum absolute atomic E-state index is 0. The molecule has 1 aromatic carbocycles. The second-order valence-electron chi connectivity index (χ2n) is 2.19. The quantitative estimate of drug-likeness (QED) is 0.453. The monoisotopic (exact) mass is 231 g/mol. The van der Waals surface area contributed by atoms with E-state index in [0.29, 0.717) is 4.99 Å². The van der Waals surface area contributed by atoms with E-state index in [9.17, 15) is 0 Å². The number of hydrogen-bond acceptors (Lipinski definition) is 2. The van der Waals surface area contributed by atoms with E-state index in [-0.39, 0.29) is 19.5 Å². The molecule has 0 aliphatic carbocycles. The first-order valence-corrected chi connectivity index (χ1v) is 3.64. The zero-order valence-corrected chi connectivity index (χ0v) is 10.7. The Morgan fingerprint density at radius 1 is 1.33 bits per heavy atom. The molecular formula is C8H9NOSZn+2. The summed E-state index contributed by atoms with van der Waals surface area (Å²) in [6.07, 6.45) is 0. The summed E-state index contributed by atoms with van der Waals surface area (Å²) in [6, 6.07) is 9.38. The van der Waals surface area contributed by atoms with E-state index in [4.69, 9.17) is 17.4 Å². The van der Waals surface area contributed by atoms with Crippen LogP contribution >= 0.6 is 12.2 Å². The molecule has 0 unspecified atom stereocenters. The number of rotatable bonds is 1. The van der Waals surface area contributed by atoms with Gasteiger partial charge in [0.2, 0.25) is 0 Å². The molecule has 0 bridgehead atoms. The molecule has 0 amide bonds. The van der Waals surface area contributed by atoms with E-state index in [1.54, 1.807) is 0 Å². The van der Waals surface area contributed by atoms with Gasteiger partial charge in [-0.1, -0.05) is 42.5 Å². The fourth-order valence-corrected chi connectivity index (χ4v) is 0.904. The van der Waals surface area contributed by atoms with Crippen LogP contribution in [0.4, 0.5) is 0 Å². The maximum absolute atomic E-state index is 8.97. The molecule has 1 aromatic rings. The largest absolute Gasteiger partial charge is 2.00 e. The first-order chi connectivity index (χ1) is 5.22. The van der Waals surface area contributed by atoms with Crippen LogP contribution in [0.1, 0.15) is 5.56 Å². The van der Waals surface area contributed by atoms with Crippen molar-refractivity contribution in [2.75, 3.05) is 7.05 Å². The van der Waals surface area contributed by atoms with Crippen LogP contribution < -0.4 is 0 Å². The SMILES string of the molecule is CN(O)C(=S)c1ccccc1.[Zn+2]. The maximum Gasteiger partial charge on any atom is 2.00 e. The van der Waals surface area contributed by atoms with Crippen molar-refractivity contribution in [1.29, 1.82) is 0 Å². The number of nitrogens with zero attached hydrogens (tertiary/aromatic N) is 1. The standard InChI is InChI=1S/C8H9NOS.Zn/c1-9(10)8(11)7-5-3-2-4-6-7;/h2-6,10H,1H3;/q;+2. The van der Waals surface area contributed by atoms with Gasteiger partial charge in [-0.05, 0) is 0 Å². The van der Waals surface area contributed by atoms with Crippen molar-refractivity contribution in [3.8, 4) is 0 Å². The van der Waals surface area contributed by atoms with E-state index in [0.717, 1.165) is 10.6 Å². The van der Waals surface area contributed by atoms with E-state index in [1.165, 1.54) is 7.05 Å². The Bertz CT molecular complexity index is 250. The third kappa shape index (κ3) is 2.97. The molecule has 58 valence electrons. The van der Waals surface area contributed by atoms with Gasteiger partial charge in [-0.25, -0.2) is 5.06 Å². The number of hydrogen-bond donors (Lipinski definition) is 1. The third-order valence-electron chi connectivity index (χ3n) is 1.31. The molecule has 4 heteroatoms. The van der Waals surface area contributed by atoms with E-state index in [1.807, 2.05) is 30.3 Å². The summed E-state index contributed by atoms with van der Waals surface area (Å²) in [6.45, 7) is 0. The summed E-state index contributed by atoms with van der Waals surface area (Å²) < 4.78 is 0. The van der Waals surface area contributed by atoms with Gasteiger partial charge >= 0.3 is 19.5 Å². The summed E-state index contributed by atoms with van der Waals surface area (Å²) in [5.74, 6) is 0. The zero-order chi connectivity index (χ0) is 8.27. The average Bonchev–Trinajstić information content (AvgIpc) is 2.05. The Balaban J connectivity index is 0.00000121. The molecule has 0 atom stereocenters. The molecule has 2 nitrogen and oxygen atoms in total. The molecule has 1 rings (SSSR count). The Kier molecular flexibility index (Phi) is 5.22. The topological polar surface area (TPSA) is 23.5 Å². The van der Waals surface area contributed by atoms with Crippen molar-refractivity contribution in [2.45, 2.75) is 0 Å². The van der Waals surface area contributed by atoms with Gasteiger partial charge in [0.1, 0.15) is 4.99 Å². The number of thiocarbonyl (C=S) groups is 1. The van der Waals surface area contributed by atoms with Crippen molar-refractivity contribution >= 4 is 17.2 Å². The van der Waals surface area contributed by atoms with Crippen molar-refractivity contribution < 1.29 is 24.7 Å². The van der Waals surface area contributed by atoms with Crippen LogP contribution in [-0.2, 0) is 19.5 Å². The predicted molar refractivity (Wildman–Crippen MR) is 47.7 cm³/mol. The summed E-state index contributed by atoms with van der Waals surface area (Å²) in [4.78, 5) is 0.436. The minimum Gasteiger partial charge on any atom is -0.288 e. The van der Waals surface area contributed by atoms with Gasteiger partial charge in [0.15, 0.2) is 0 Å². The van der Waals surface area contributed by atoms with Crippen molar-refractivity contribution in [3.05, 3.63) is 35.9 Å². The zero-order valence-electron chi connectivity index (χ0n) is 6.90. The second kappa shape index (κ2) is 5.36. The molecule has 0 radical (unpaired) electrons. The molecule has 0 spiro atoms. The minimum atomic E-state index is 0. The molecule has 0 aliphatic heterocycles. The van der Waals surface area contributed by atoms with Crippen LogP contribution in [0.3, 0.4) is 0 Å². The summed E-state index contributed by atoms with van der Waals surface area (Å²) in [5, 5.41) is 9.90. The Labute approximate surface area is 89.9 Å². The maximum atomic E-state index is 8.97. The van der Waals surface area contributed by atoms with Gasteiger partial charge in [-0.3, -0.25) is 5.21 Å². The fourth-order valence-electron chi connectivity index (χ4n) is 0.768. The van der Waals surface area contributed by atoms with Gasteiger partial charge in [0.05, 0.1) is 0 Å². The molecule has 0 aromatic heterocycles. The van der Waals surface area contributed by atoms with Crippen LogP contribution in [-0.4, -0.2) is 22.3 Å². The van der Waals surface area contributed by atoms with Gasteiger partial charge in [-0.2, -0.15) is 0 Å². The Morgan fingerprint density at radius 3 is 2.25 bits per heavy atom. The number of hydroxylamine groups is 2. The molecule has 0 saturated carbocycles. The van der Waals surface area contributed by atoms with E-state index in [2.05, 4.69) is 0 Å². The summed E-state index contributed by atoms with van der Waals surface area (Å²) in [5.41, 5.74) is 0.854. The molecule has 0 aliphatic rings. The second-order valence-corrected chi connectivity index (χ2v) is 2.58. The first kappa shape index (κ1) is 11.7. The molecule has 1 N–H and O–H groups in total. The fraction of sp³-hybridized carbons (Fsp3) is 0.125. The van der Waals surface area contributed by atoms with Crippen LogP contribution in [0, 0.1) is 0 Å². The predicted octanol–water partition coefficient (Wildman–Crippen LogP) is 1.68. The molecule has 0 saturated heterocycles. The summed E-state index contributed by atoms with van der Waals surface area (Å²) >= 11 is 4.92. The molecule has 0 fully saturated rings. The molecule has 0 heterocycles. The van der Waals surface area contributed by atoms with Crippen LogP contribution in [0.2, 0.25) is 0 Å². The van der Waals surface area contributed by atoms with E-state index < -0.39 is 0 Å². The number of benzene rings is 1. The van der Waals surface area contributed by atoms with Crippen molar-refractivity contribution in [2.24, 2.45) is 0 Å². The molecule has 12 heavy (non-hydrogen) atoms. The van der Waals surface area contributed by atoms with Gasteiger partial charge in [0, 0.05) is 12.6 Å². The van der Waals surface area contributed by atoms with Crippen LogP contribution in [0.5, 0.6) is 0 Å². The van der Waals surface area contributed by atoms with Crippen molar-refractivity contribution in [3.63, 3.8) is 0 Å². The van der Waals surface area contributed by atoms with Gasteiger partial charge < -0.3 is 0 Å². The van der Waals surface area contributed by atoms with Gasteiger partial charge in [-0.15, -0.1) is 0 Å². The van der Waals surface area contributed by atoms with E-state index >= 15 is 0 Å². The first-order valence-electron chi connectivity index (χ1n) is 3.24. The smallest absolute Gasteiger partial charge is 0.288 e.